The molecule has 286 valence electrons. The summed E-state index contributed by atoms with van der Waals surface area (Å²) in [4.78, 5) is 22.7. The lowest BCUT2D eigenvalue weighted by Crippen LogP contribution is -2.52. The SMILES string of the molecule is C=CC(=O)OCCOCC(O)COc1ccc(OCC(O)COCCOC(=O)C=C)c(C23CC4CC(CC(C4)C2)C3)c1C12CC3CC(CC(C3)C1)C2. The zero-order chi connectivity index (χ0) is 36.3. The first-order valence-electron chi connectivity index (χ1n) is 19.7. The van der Waals surface area contributed by atoms with Crippen LogP contribution in [0.25, 0.3) is 0 Å². The first kappa shape index (κ1) is 37.4. The van der Waals surface area contributed by atoms with Crippen molar-refractivity contribution >= 4 is 11.9 Å². The molecule has 0 heterocycles. The molecule has 8 bridgehead atoms. The number of hydrogen-bond acceptors (Lipinski definition) is 10. The van der Waals surface area contributed by atoms with E-state index in [1.807, 2.05) is 12.1 Å². The molecule has 8 aliphatic carbocycles. The predicted octanol–water partition coefficient (Wildman–Crippen LogP) is 5.59. The molecule has 52 heavy (non-hydrogen) atoms. The normalized spacial score (nSPS) is 33.3. The fraction of sp³-hybridized carbons (Fsp3) is 0.714. The first-order valence-corrected chi connectivity index (χ1v) is 19.7. The van der Waals surface area contributed by atoms with Gasteiger partial charge < -0.3 is 38.6 Å². The van der Waals surface area contributed by atoms with Crippen LogP contribution in [0.1, 0.15) is 88.2 Å². The summed E-state index contributed by atoms with van der Waals surface area (Å²) >= 11 is 0. The molecule has 0 aliphatic heterocycles. The lowest BCUT2D eigenvalue weighted by molar-refractivity contribution is -0.140. The summed E-state index contributed by atoms with van der Waals surface area (Å²) < 4.78 is 34.6. The van der Waals surface area contributed by atoms with Crippen molar-refractivity contribution in [3.8, 4) is 11.5 Å². The van der Waals surface area contributed by atoms with Gasteiger partial charge in [-0.25, -0.2) is 9.59 Å². The van der Waals surface area contributed by atoms with Crippen LogP contribution in [0.3, 0.4) is 0 Å². The van der Waals surface area contributed by atoms with Crippen molar-refractivity contribution in [1.82, 2.24) is 0 Å². The molecule has 1 aromatic carbocycles. The van der Waals surface area contributed by atoms with E-state index in [0.717, 1.165) is 59.2 Å². The van der Waals surface area contributed by atoms with Crippen LogP contribution in [0.5, 0.6) is 11.5 Å². The van der Waals surface area contributed by atoms with Crippen LogP contribution >= 0.6 is 0 Å². The molecule has 10 nitrogen and oxygen atoms in total. The largest absolute Gasteiger partial charge is 0.490 e. The second-order valence-electron chi connectivity index (χ2n) is 17.0. The zero-order valence-corrected chi connectivity index (χ0v) is 30.6. The van der Waals surface area contributed by atoms with Gasteiger partial charge in [0.2, 0.25) is 0 Å². The maximum Gasteiger partial charge on any atom is 0.330 e. The third-order valence-electron chi connectivity index (χ3n) is 13.0. The summed E-state index contributed by atoms with van der Waals surface area (Å²) in [6, 6.07) is 4.10. The third kappa shape index (κ3) is 8.25. The Morgan fingerprint density at radius 3 is 1.23 bits per heavy atom. The predicted molar refractivity (Wildman–Crippen MR) is 193 cm³/mol. The van der Waals surface area contributed by atoms with Crippen LogP contribution in [-0.2, 0) is 39.4 Å². The Balaban J connectivity index is 1.15. The van der Waals surface area contributed by atoms with Crippen molar-refractivity contribution < 1.29 is 48.2 Å². The smallest absolute Gasteiger partial charge is 0.330 e. The molecule has 8 fully saturated rings. The Kier molecular flexibility index (Phi) is 11.7. The molecule has 0 saturated heterocycles. The monoisotopic (exact) mass is 722 g/mol. The van der Waals surface area contributed by atoms with Gasteiger partial charge >= 0.3 is 11.9 Å². The van der Waals surface area contributed by atoms with Gasteiger partial charge in [0.15, 0.2) is 0 Å². The van der Waals surface area contributed by atoms with E-state index >= 15 is 0 Å². The fourth-order valence-electron chi connectivity index (χ4n) is 12.1. The van der Waals surface area contributed by atoms with Gasteiger partial charge in [0, 0.05) is 34.1 Å². The van der Waals surface area contributed by atoms with Gasteiger partial charge in [-0.15, -0.1) is 0 Å². The van der Waals surface area contributed by atoms with Gasteiger partial charge in [-0.1, -0.05) is 13.2 Å². The number of carbonyl (C=O) groups excluding carboxylic acids is 2. The van der Waals surface area contributed by atoms with E-state index in [9.17, 15) is 19.8 Å². The maximum absolute atomic E-state index is 11.3. The highest BCUT2D eigenvalue weighted by atomic mass is 16.6. The Morgan fingerprint density at radius 1 is 0.596 bits per heavy atom. The maximum atomic E-state index is 11.3. The molecule has 2 atom stereocenters. The molecule has 9 rings (SSSR count). The van der Waals surface area contributed by atoms with Crippen molar-refractivity contribution in [2.24, 2.45) is 35.5 Å². The van der Waals surface area contributed by atoms with Gasteiger partial charge in [0.05, 0.1) is 26.4 Å². The Labute approximate surface area is 308 Å². The molecular formula is C42H58O10. The van der Waals surface area contributed by atoms with E-state index in [1.54, 1.807) is 0 Å². The standard InChI is InChI=1S/C42H58O10/c1-3-37(45)49-9-7-47-23-33(43)25-51-35-5-6-36(52-26-34(44)24-48-8-10-50-38(46)4-2)40(42-20-30-14-31(21-42)16-32(15-30)22-42)39(35)41-17-27-11-28(18-41)13-29(12-27)19-41/h3-6,27-34,43-44H,1-2,7-26H2. The molecule has 1 aromatic rings. The first-order chi connectivity index (χ1) is 25.2. The zero-order valence-electron chi connectivity index (χ0n) is 30.6. The number of carbonyl (C=O) groups is 2. The minimum absolute atomic E-state index is 0.00317. The van der Waals surface area contributed by atoms with Gasteiger partial charge in [0.25, 0.3) is 0 Å². The molecule has 8 aliphatic rings. The number of rotatable bonds is 20. The lowest BCUT2D eigenvalue weighted by atomic mass is 9.44. The van der Waals surface area contributed by atoms with E-state index in [-0.39, 0.29) is 63.7 Å². The quantitative estimate of drug-likeness (QED) is 0.0998. The average Bonchev–Trinajstić information content (AvgIpc) is 3.11. The van der Waals surface area contributed by atoms with Crippen molar-refractivity contribution in [3.63, 3.8) is 0 Å². The number of ether oxygens (including phenoxy) is 6. The Hall–Kier alpha value is -2.92. The minimum atomic E-state index is -0.853. The summed E-state index contributed by atoms with van der Waals surface area (Å²) in [5, 5.41) is 21.9. The lowest BCUT2D eigenvalue weighted by Gasteiger charge is -2.61. The molecular weight excluding hydrogens is 664 g/mol. The topological polar surface area (TPSA) is 130 Å². The van der Waals surface area contributed by atoms with E-state index in [0.29, 0.717) is 0 Å². The fourth-order valence-corrected chi connectivity index (χ4v) is 12.1. The molecule has 8 saturated carbocycles. The van der Waals surface area contributed by atoms with E-state index in [4.69, 9.17) is 28.4 Å². The van der Waals surface area contributed by atoms with Gasteiger partial charge in [-0.2, -0.15) is 0 Å². The van der Waals surface area contributed by atoms with Crippen LogP contribution in [0, 0.1) is 35.5 Å². The number of aliphatic hydroxyl groups is 2. The van der Waals surface area contributed by atoms with Gasteiger partial charge in [-0.05, 0) is 125 Å². The summed E-state index contributed by atoms with van der Waals surface area (Å²) in [7, 11) is 0. The molecule has 10 heteroatoms. The van der Waals surface area contributed by atoms with Gasteiger partial charge in [-0.3, -0.25) is 0 Å². The van der Waals surface area contributed by atoms with Crippen LogP contribution in [0.4, 0.5) is 0 Å². The number of aliphatic hydroxyl groups excluding tert-OH is 2. The molecule has 0 aromatic heterocycles. The van der Waals surface area contributed by atoms with E-state index in [2.05, 4.69) is 13.2 Å². The molecule has 0 spiro atoms. The number of hydrogen-bond donors (Lipinski definition) is 2. The second kappa shape index (κ2) is 16.2. The highest BCUT2D eigenvalue weighted by Gasteiger charge is 2.58. The van der Waals surface area contributed by atoms with Crippen molar-refractivity contribution in [1.29, 1.82) is 0 Å². The second-order valence-corrected chi connectivity index (χ2v) is 17.0. The number of benzene rings is 1. The molecule has 2 unspecified atom stereocenters. The molecule has 2 N–H and O–H groups in total. The summed E-state index contributed by atoms with van der Waals surface area (Å²) in [5.41, 5.74) is 2.66. The third-order valence-corrected chi connectivity index (χ3v) is 13.0. The summed E-state index contributed by atoms with van der Waals surface area (Å²) in [6.07, 6.45) is 15.5. The van der Waals surface area contributed by atoms with Crippen molar-refractivity contribution in [2.45, 2.75) is 100 Å². The van der Waals surface area contributed by atoms with E-state index < -0.39 is 24.1 Å². The van der Waals surface area contributed by atoms with Crippen molar-refractivity contribution in [3.05, 3.63) is 48.6 Å². The van der Waals surface area contributed by atoms with Crippen LogP contribution < -0.4 is 9.47 Å². The molecule has 0 amide bonds. The van der Waals surface area contributed by atoms with Crippen LogP contribution in [0.2, 0.25) is 0 Å². The van der Waals surface area contributed by atoms with Gasteiger partial charge in [0.1, 0.15) is 50.1 Å². The van der Waals surface area contributed by atoms with E-state index in [1.165, 1.54) is 88.2 Å². The summed E-state index contributed by atoms with van der Waals surface area (Å²) in [6.45, 7) is 7.65. The minimum Gasteiger partial charge on any atom is -0.490 e. The van der Waals surface area contributed by atoms with Crippen LogP contribution in [-0.4, -0.2) is 87.2 Å². The highest BCUT2D eigenvalue weighted by molar-refractivity contribution is 5.81. The van der Waals surface area contributed by atoms with Crippen LogP contribution in [0.15, 0.2) is 37.4 Å². The number of esters is 2. The molecule has 0 radical (unpaired) electrons. The van der Waals surface area contributed by atoms with Crippen molar-refractivity contribution in [2.75, 3.05) is 52.9 Å². The Morgan fingerprint density at radius 2 is 0.923 bits per heavy atom. The highest BCUT2D eigenvalue weighted by Crippen LogP contribution is 2.68. The average molecular weight is 723 g/mol. The summed E-state index contributed by atoms with van der Waals surface area (Å²) in [5.74, 6) is 5.08. The Bertz CT molecular complexity index is 1270.